The van der Waals surface area contributed by atoms with E-state index < -0.39 is 11.7 Å². The molecule has 2 aliphatic rings. The maximum Gasteiger partial charge on any atom is 0.416 e. The summed E-state index contributed by atoms with van der Waals surface area (Å²) in [5, 5.41) is 0. The van der Waals surface area contributed by atoms with Gasteiger partial charge in [-0.25, -0.2) is 4.79 Å². The Balaban J connectivity index is 1.25. The molecule has 2 aromatic rings. The summed E-state index contributed by atoms with van der Waals surface area (Å²) in [4.78, 5) is 16.2. The average Bonchev–Trinajstić information content (AvgIpc) is 2.70. The second-order valence-corrected chi connectivity index (χ2v) is 7.63. The van der Waals surface area contributed by atoms with Gasteiger partial charge in [-0.2, -0.15) is 13.2 Å². The predicted octanol–water partition coefficient (Wildman–Crippen LogP) is 4.77. The van der Waals surface area contributed by atoms with E-state index in [1.807, 2.05) is 23.1 Å². The third-order valence-electron chi connectivity index (χ3n) is 5.62. The SMILES string of the molecule is O=C(N1CCC(c2ccccc2)CC1)N1CC(Oc2cccc(C(F)(F)F)c2)C1. The number of carbonyl (C=O) groups is 1. The lowest BCUT2D eigenvalue weighted by molar-refractivity contribution is -0.137. The molecule has 0 bridgehead atoms. The van der Waals surface area contributed by atoms with Crippen molar-refractivity contribution in [3.63, 3.8) is 0 Å². The summed E-state index contributed by atoms with van der Waals surface area (Å²) < 4.78 is 44.0. The molecule has 4 rings (SSSR count). The van der Waals surface area contributed by atoms with E-state index in [0.29, 0.717) is 32.1 Å². The molecule has 0 aliphatic carbocycles. The molecule has 2 amide bonds. The van der Waals surface area contributed by atoms with Gasteiger partial charge in [0.1, 0.15) is 11.9 Å². The first kappa shape index (κ1) is 19.6. The Bertz CT molecular complexity index is 843. The van der Waals surface area contributed by atoms with E-state index in [-0.39, 0.29) is 17.9 Å². The Hall–Kier alpha value is -2.70. The number of likely N-dealkylation sites (tertiary alicyclic amines) is 2. The minimum absolute atomic E-state index is 0.0135. The highest BCUT2D eigenvalue weighted by atomic mass is 19.4. The zero-order valence-electron chi connectivity index (χ0n) is 15.9. The standard InChI is InChI=1S/C22H23F3N2O2/c23-22(24,25)18-7-4-8-19(13-18)29-20-14-27(15-20)21(28)26-11-9-17(10-12-26)16-5-2-1-3-6-16/h1-8,13,17,20H,9-12,14-15H2. The van der Waals surface area contributed by atoms with E-state index in [2.05, 4.69) is 12.1 Å². The van der Waals surface area contributed by atoms with Crippen LogP contribution < -0.4 is 4.74 Å². The second-order valence-electron chi connectivity index (χ2n) is 7.63. The zero-order valence-corrected chi connectivity index (χ0v) is 15.9. The number of halogens is 3. The first-order valence-corrected chi connectivity index (χ1v) is 9.83. The van der Waals surface area contributed by atoms with Crippen molar-refractivity contribution < 1.29 is 22.7 Å². The van der Waals surface area contributed by atoms with Crippen LogP contribution in [0.5, 0.6) is 5.75 Å². The van der Waals surface area contributed by atoms with E-state index in [1.54, 1.807) is 4.90 Å². The van der Waals surface area contributed by atoms with Gasteiger partial charge in [0.25, 0.3) is 0 Å². The van der Waals surface area contributed by atoms with Gasteiger partial charge in [-0.1, -0.05) is 36.4 Å². The van der Waals surface area contributed by atoms with Crippen LogP contribution >= 0.6 is 0 Å². The van der Waals surface area contributed by atoms with Gasteiger partial charge in [-0.3, -0.25) is 0 Å². The summed E-state index contributed by atoms with van der Waals surface area (Å²) in [7, 11) is 0. The Morgan fingerprint density at radius 2 is 1.62 bits per heavy atom. The maximum absolute atomic E-state index is 12.8. The van der Waals surface area contributed by atoms with Gasteiger partial charge >= 0.3 is 12.2 Å². The van der Waals surface area contributed by atoms with Crippen LogP contribution in [0.3, 0.4) is 0 Å². The Kier molecular flexibility index (Phi) is 5.39. The lowest BCUT2D eigenvalue weighted by Crippen LogP contribution is -2.60. The molecule has 2 fully saturated rings. The number of hydrogen-bond acceptors (Lipinski definition) is 2. The van der Waals surface area contributed by atoms with Crippen molar-refractivity contribution in [1.29, 1.82) is 0 Å². The highest BCUT2D eigenvalue weighted by Crippen LogP contribution is 2.32. The molecule has 2 heterocycles. The smallest absolute Gasteiger partial charge is 0.416 e. The van der Waals surface area contributed by atoms with Crippen LogP contribution in [0, 0.1) is 0 Å². The molecule has 0 atom stereocenters. The predicted molar refractivity (Wildman–Crippen MR) is 103 cm³/mol. The number of urea groups is 1. The molecule has 0 spiro atoms. The van der Waals surface area contributed by atoms with E-state index in [4.69, 9.17) is 4.74 Å². The highest BCUT2D eigenvalue weighted by molar-refractivity contribution is 5.75. The van der Waals surface area contributed by atoms with Crippen molar-refractivity contribution in [2.75, 3.05) is 26.2 Å². The largest absolute Gasteiger partial charge is 0.487 e. The number of hydrogen-bond donors (Lipinski definition) is 0. The van der Waals surface area contributed by atoms with E-state index >= 15 is 0 Å². The summed E-state index contributed by atoms with van der Waals surface area (Å²) in [6.07, 6.45) is -2.79. The Morgan fingerprint density at radius 3 is 2.28 bits per heavy atom. The molecule has 0 N–H and O–H groups in total. The first-order valence-electron chi connectivity index (χ1n) is 9.83. The van der Waals surface area contributed by atoms with Gasteiger partial charge in [-0.05, 0) is 42.5 Å². The number of carbonyl (C=O) groups excluding carboxylic acids is 1. The topological polar surface area (TPSA) is 32.8 Å². The fourth-order valence-electron chi connectivity index (χ4n) is 3.94. The second kappa shape index (κ2) is 7.97. The van der Waals surface area contributed by atoms with E-state index in [1.165, 1.54) is 17.7 Å². The average molecular weight is 404 g/mol. The van der Waals surface area contributed by atoms with Crippen LogP contribution in [0.2, 0.25) is 0 Å². The van der Waals surface area contributed by atoms with Crippen molar-refractivity contribution in [3.05, 3.63) is 65.7 Å². The fraction of sp³-hybridized carbons (Fsp3) is 0.409. The number of rotatable bonds is 3. The van der Waals surface area contributed by atoms with Gasteiger partial charge in [-0.15, -0.1) is 0 Å². The quantitative estimate of drug-likeness (QED) is 0.738. The minimum atomic E-state index is -4.40. The number of ether oxygens (including phenoxy) is 1. The molecular formula is C22H23F3N2O2. The van der Waals surface area contributed by atoms with Crippen LogP contribution in [0.1, 0.15) is 29.9 Å². The summed E-state index contributed by atoms with van der Waals surface area (Å²) in [6, 6.07) is 15.2. The number of amides is 2. The van der Waals surface area contributed by atoms with Crippen molar-refractivity contribution in [2.45, 2.75) is 31.0 Å². The molecule has 2 saturated heterocycles. The molecule has 0 aromatic heterocycles. The van der Waals surface area contributed by atoms with Crippen molar-refractivity contribution >= 4 is 6.03 Å². The molecular weight excluding hydrogens is 381 g/mol. The summed E-state index contributed by atoms with van der Waals surface area (Å²) in [5.41, 5.74) is 0.585. The van der Waals surface area contributed by atoms with Crippen molar-refractivity contribution in [3.8, 4) is 5.75 Å². The van der Waals surface area contributed by atoms with Gasteiger partial charge in [0.05, 0.1) is 18.7 Å². The summed E-state index contributed by atoms with van der Waals surface area (Å²) in [6.45, 7) is 2.23. The van der Waals surface area contributed by atoms with Crippen LogP contribution in [-0.4, -0.2) is 48.1 Å². The monoisotopic (exact) mass is 404 g/mol. The van der Waals surface area contributed by atoms with Crippen LogP contribution in [0.15, 0.2) is 54.6 Å². The van der Waals surface area contributed by atoms with E-state index in [0.717, 1.165) is 25.0 Å². The molecule has 2 aromatic carbocycles. The van der Waals surface area contributed by atoms with Gasteiger partial charge in [0.15, 0.2) is 0 Å². The number of piperidine rings is 1. The van der Waals surface area contributed by atoms with E-state index in [9.17, 15) is 18.0 Å². The Morgan fingerprint density at radius 1 is 0.931 bits per heavy atom. The fourth-order valence-corrected chi connectivity index (χ4v) is 3.94. The molecule has 0 saturated carbocycles. The van der Waals surface area contributed by atoms with Crippen LogP contribution in [0.25, 0.3) is 0 Å². The lowest BCUT2D eigenvalue weighted by Gasteiger charge is -2.43. The third kappa shape index (κ3) is 4.49. The normalized spacial score (nSPS) is 18.4. The van der Waals surface area contributed by atoms with Crippen LogP contribution in [-0.2, 0) is 6.18 Å². The minimum Gasteiger partial charge on any atom is -0.487 e. The maximum atomic E-state index is 12.8. The Labute approximate surface area is 167 Å². The van der Waals surface area contributed by atoms with Crippen molar-refractivity contribution in [2.24, 2.45) is 0 Å². The molecule has 2 aliphatic heterocycles. The first-order chi connectivity index (χ1) is 13.9. The summed E-state index contributed by atoms with van der Waals surface area (Å²) in [5.74, 6) is 0.661. The number of alkyl halides is 3. The molecule has 7 heteroatoms. The zero-order chi connectivity index (χ0) is 20.4. The van der Waals surface area contributed by atoms with Gasteiger partial charge in [0, 0.05) is 13.1 Å². The summed E-state index contributed by atoms with van der Waals surface area (Å²) >= 11 is 0. The number of benzene rings is 2. The number of nitrogens with zero attached hydrogens (tertiary/aromatic N) is 2. The van der Waals surface area contributed by atoms with Gasteiger partial charge < -0.3 is 14.5 Å². The lowest BCUT2D eigenvalue weighted by atomic mass is 9.89. The third-order valence-corrected chi connectivity index (χ3v) is 5.62. The molecule has 0 radical (unpaired) electrons. The molecule has 0 unspecified atom stereocenters. The van der Waals surface area contributed by atoms with Gasteiger partial charge in [0.2, 0.25) is 0 Å². The molecule has 29 heavy (non-hydrogen) atoms. The molecule has 4 nitrogen and oxygen atoms in total. The van der Waals surface area contributed by atoms with Crippen LogP contribution in [0.4, 0.5) is 18.0 Å². The highest BCUT2D eigenvalue weighted by Gasteiger charge is 2.36. The van der Waals surface area contributed by atoms with Crippen molar-refractivity contribution in [1.82, 2.24) is 9.80 Å². The molecule has 154 valence electrons.